The van der Waals surface area contributed by atoms with Crippen molar-refractivity contribution in [3.05, 3.63) is 60.7 Å². The summed E-state index contributed by atoms with van der Waals surface area (Å²) in [5.74, 6) is 0. The van der Waals surface area contributed by atoms with Crippen LogP contribution in [0.1, 0.15) is 40.5 Å². The Balaban J connectivity index is 2.45. The minimum Gasteiger partial charge on any atom is -0.291 e. The molecule has 0 heterocycles. The molecule has 2 unspecified atom stereocenters. The average Bonchev–Trinajstić information content (AvgIpc) is 2.63. The lowest BCUT2D eigenvalue weighted by atomic mass is 10.1. The van der Waals surface area contributed by atoms with Crippen LogP contribution in [0.25, 0.3) is 0 Å². The normalized spacial score (nSPS) is 13.2. The van der Waals surface area contributed by atoms with E-state index in [1.54, 1.807) is 0 Å². The quantitative estimate of drug-likeness (QED) is 0.667. The number of carbonyl (C=O) groups excluding carboxylic acids is 1. The summed E-state index contributed by atoms with van der Waals surface area (Å²) in [6, 6.07) is 20.2. The molecule has 2 aromatic rings. The number of urea groups is 1. The number of hydrogen-bond donors (Lipinski definition) is 0. The molecule has 0 aliphatic carbocycles. The Morgan fingerprint density at radius 2 is 1.08 bits per heavy atom. The predicted molar refractivity (Wildman–Crippen MR) is 103 cm³/mol. The van der Waals surface area contributed by atoms with Crippen molar-refractivity contribution in [2.75, 3.05) is 9.80 Å². The SMILES string of the molecule is CCC(C)N(C(=O)N(c1ccccc1)C(C)CC)c1ccccc1. The Morgan fingerprint density at radius 3 is 1.38 bits per heavy atom. The van der Waals surface area contributed by atoms with Crippen LogP contribution >= 0.6 is 0 Å². The highest BCUT2D eigenvalue weighted by atomic mass is 16.2. The van der Waals surface area contributed by atoms with Crippen molar-refractivity contribution in [1.29, 1.82) is 0 Å². The van der Waals surface area contributed by atoms with E-state index in [-0.39, 0.29) is 18.1 Å². The van der Waals surface area contributed by atoms with Gasteiger partial charge < -0.3 is 0 Å². The molecule has 2 rings (SSSR count). The molecule has 0 spiro atoms. The zero-order chi connectivity index (χ0) is 17.5. The lowest BCUT2D eigenvalue weighted by Gasteiger charge is -2.37. The smallest absolute Gasteiger partial charge is 0.291 e. The van der Waals surface area contributed by atoms with Gasteiger partial charge in [-0.2, -0.15) is 0 Å². The van der Waals surface area contributed by atoms with Crippen LogP contribution in [-0.4, -0.2) is 18.1 Å². The molecule has 128 valence electrons. The predicted octanol–water partition coefficient (Wildman–Crippen LogP) is 5.72. The third-order valence-electron chi connectivity index (χ3n) is 4.54. The molecule has 0 aliphatic rings. The van der Waals surface area contributed by atoms with E-state index in [9.17, 15) is 4.79 Å². The van der Waals surface area contributed by atoms with E-state index >= 15 is 0 Å². The van der Waals surface area contributed by atoms with E-state index in [0.717, 1.165) is 24.2 Å². The van der Waals surface area contributed by atoms with Gasteiger partial charge >= 0.3 is 6.03 Å². The van der Waals surface area contributed by atoms with Crippen molar-refractivity contribution in [2.45, 2.75) is 52.6 Å². The highest BCUT2D eigenvalue weighted by molar-refractivity contribution is 6.04. The van der Waals surface area contributed by atoms with Crippen LogP contribution in [0.2, 0.25) is 0 Å². The molecule has 2 amide bonds. The van der Waals surface area contributed by atoms with Crippen molar-refractivity contribution in [2.24, 2.45) is 0 Å². The van der Waals surface area contributed by atoms with Gasteiger partial charge in [0.1, 0.15) is 0 Å². The first-order valence-electron chi connectivity index (χ1n) is 8.82. The maximum atomic E-state index is 13.5. The summed E-state index contributed by atoms with van der Waals surface area (Å²) in [6.07, 6.45) is 1.81. The molecule has 0 aromatic heterocycles. The minimum atomic E-state index is 0.0381. The molecule has 3 heteroatoms. The molecule has 0 aliphatic heterocycles. The van der Waals surface area contributed by atoms with E-state index in [0.29, 0.717) is 0 Å². The molecular formula is C21H28N2O. The number of hydrogen-bond acceptors (Lipinski definition) is 1. The molecule has 0 saturated heterocycles. The second-order valence-electron chi connectivity index (χ2n) is 6.21. The van der Waals surface area contributed by atoms with Gasteiger partial charge in [-0.3, -0.25) is 9.80 Å². The summed E-state index contributed by atoms with van der Waals surface area (Å²) in [5.41, 5.74) is 1.89. The van der Waals surface area contributed by atoms with Crippen molar-refractivity contribution in [3.8, 4) is 0 Å². The fourth-order valence-electron chi connectivity index (χ4n) is 2.77. The van der Waals surface area contributed by atoms with Crippen LogP contribution in [0, 0.1) is 0 Å². The molecule has 2 atom stereocenters. The lowest BCUT2D eigenvalue weighted by Crippen LogP contribution is -2.51. The van der Waals surface area contributed by atoms with Crippen LogP contribution in [0.15, 0.2) is 60.7 Å². The fraction of sp³-hybridized carbons (Fsp3) is 0.381. The van der Waals surface area contributed by atoms with E-state index in [2.05, 4.69) is 27.7 Å². The monoisotopic (exact) mass is 324 g/mol. The Labute approximate surface area is 145 Å². The van der Waals surface area contributed by atoms with Crippen LogP contribution in [0.4, 0.5) is 16.2 Å². The van der Waals surface area contributed by atoms with E-state index < -0.39 is 0 Å². The zero-order valence-electron chi connectivity index (χ0n) is 15.1. The summed E-state index contributed by atoms with van der Waals surface area (Å²) in [5, 5.41) is 0. The number of carbonyl (C=O) groups is 1. The Bertz CT molecular complexity index is 571. The Hall–Kier alpha value is -2.29. The highest BCUT2D eigenvalue weighted by Crippen LogP contribution is 2.25. The summed E-state index contributed by atoms with van der Waals surface area (Å²) in [4.78, 5) is 17.3. The van der Waals surface area contributed by atoms with Crippen molar-refractivity contribution < 1.29 is 4.79 Å². The summed E-state index contributed by atoms with van der Waals surface area (Å²) in [7, 11) is 0. The summed E-state index contributed by atoms with van der Waals surface area (Å²) < 4.78 is 0. The van der Waals surface area contributed by atoms with Gasteiger partial charge in [0.2, 0.25) is 0 Å². The number of amides is 2. The van der Waals surface area contributed by atoms with Gasteiger partial charge in [-0.15, -0.1) is 0 Å². The highest BCUT2D eigenvalue weighted by Gasteiger charge is 2.29. The van der Waals surface area contributed by atoms with Crippen LogP contribution in [0.3, 0.4) is 0 Å². The Morgan fingerprint density at radius 1 is 0.750 bits per heavy atom. The van der Waals surface area contributed by atoms with Gasteiger partial charge in [0.25, 0.3) is 0 Å². The topological polar surface area (TPSA) is 23.6 Å². The lowest BCUT2D eigenvalue weighted by molar-refractivity contribution is 0.247. The molecular weight excluding hydrogens is 296 g/mol. The average molecular weight is 324 g/mol. The largest absolute Gasteiger partial charge is 0.329 e. The summed E-state index contributed by atoms with van der Waals surface area (Å²) in [6.45, 7) is 8.43. The minimum absolute atomic E-state index is 0.0381. The maximum Gasteiger partial charge on any atom is 0.329 e. The molecule has 0 N–H and O–H groups in total. The first kappa shape index (κ1) is 18.1. The van der Waals surface area contributed by atoms with Gasteiger partial charge in [-0.05, 0) is 51.0 Å². The molecule has 0 bridgehead atoms. The van der Waals surface area contributed by atoms with E-state index in [4.69, 9.17) is 0 Å². The number of para-hydroxylation sites is 2. The van der Waals surface area contributed by atoms with Gasteiger partial charge in [-0.25, -0.2) is 4.79 Å². The molecule has 24 heavy (non-hydrogen) atoms. The first-order chi connectivity index (χ1) is 11.6. The molecule has 0 radical (unpaired) electrons. The molecule has 2 aromatic carbocycles. The molecule has 0 fully saturated rings. The summed E-state index contributed by atoms with van der Waals surface area (Å²) >= 11 is 0. The number of rotatable bonds is 6. The Kier molecular flexibility index (Phi) is 6.42. The van der Waals surface area contributed by atoms with Gasteiger partial charge in [-0.1, -0.05) is 50.2 Å². The van der Waals surface area contributed by atoms with E-state index in [1.807, 2.05) is 70.5 Å². The van der Waals surface area contributed by atoms with Crippen LogP contribution in [-0.2, 0) is 0 Å². The number of anilines is 2. The second kappa shape index (κ2) is 8.53. The second-order valence-corrected chi connectivity index (χ2v) is 6.21. The number of benzene rings is 2. The van der Waals surface area contributed by atoms with Crippen molar-refractivity contribution in [3.63, 3.8) is 0 Å². The van der Waals surface area contributed by atoms with Gasteiger partial charge in [0.15, 0.2) is 0 Å². The molecule has 3 nitrogen and oxygen atoms in total. The zero-order valence-corrected chi connectivity index (χ0v) is 15.1. The number of nitrogens with zero attached hydrogens (tertiary/aromatic N) is 2. The maximum absolute atomic E-state index is 13.5. The fourth-order valence-corrected chi connectivity index (χ4v) is 2.77. The van der Waals surface area contributed by atoms with Gasteiger partial charge in [0.05, 0.1) is 0 Å². The van der Waals surface area contributed by atoms with Crippen LogP contribution < -0.4 is 9.80 Å². The molecule has 0 saturated carbocycles. The third kappa shape index (κ3) is 3.97. The van der Waals surface area contributed by atoms with Crippen molar-refractivity contribution in [1.82, 2.24) is 0 Å². The third-order valence-corrected chi connectivity index (χ3v) is 4.54. The first-order valence-corrected chi connectivity index (χ1v) is 8.82. The van der Waals surface area contributed by atoms with Gasteiger partial charge in [0, 0.05) is 23.5 Å². The van der Waals surface area contributed by atoms with Crippen molar-refractivity contribution >= 4 is 17.4 Å². The standard InChI is InChI=1S/C21H28N2O/c1-5-17(3)22(19-13-9-7-10-14-19)21(24)23(18(4)6-2)20-15-11-8-12-16-20/h7-18H,5-6H2,1-4H3. The van der Waals surface area contributed by atoms with E-state index in [1.165, 1.54) is 0 Å². The van der Waals surface area contributed by atoms with Crippen LogP contribution in [0.5, 0.6) is 0 Å².